The number of benzene rings is 1. The molecule has 2 atom stereocenters. The van der Waals surface area contributed by atoms with Crippen molar-refractivity contribution in [2.24, 2.45) is 5.73 Å². The maximum absolute atomic E-state index is 9.40. The molecular weight excluding hydrogens is 164 g/mol. The number of nitrogens with two attached hydrogens (primary N) is 1. The van der Waals surface area contributed by atoms with Crippen LogP contribution in [-0.4, -0.2) is 23.8 Å². The maximum atomic E-state index is 9.40. The van der Waals surface area contributed by atoms with E-state index in [1.165, 1.54) is 5.56 Å². The van der Waals surface area contributed by atoms with E-state index in [2.05, 4.69) is 5.73 Å². The van der Waals surface area contributed by atoms with Gasteiger partial charge in [-0.25, -0.2) is 0 Å². The molecule has 2 unspecified atom stereocenters. The van der Waals surface area contributed by atoms with E-state index in [4.69, 9.17) is 5.73 Å². The molecule has 0 aromatic heterocycles. The third-order valence-electron chi connectivity index (χ3n) is 2.13. The Bertz CT molecular complexity index is 238. The number of aliphatic hydroxyl groups excluding tert-OH is 1. The van der Waals surface area contributed by atoms with Gasteiger partial charge in [0.1, 0.15) is 12.1 Å². The Hall–Kier alpha value is -0.900. The topological polar surface area (TPSA) is 73.9 Å². The Kier molecular flexibility index (Phi) is 3.89. The van der Waals surface area contributed by atoms with Crippen LogP contribution < -0.4 is 11.5 Å². The van der Waals surface area contributed by atoms with Gasteiger partial charge in [0.05, 0.1) is 0 Å². The molecule has 1 aromatic rings. The molecule has 0 fully saturated rings. The number of aliphatic hydroxyl groups is 1. The maximum Gasteiger partial charge on any atom is 0.118 e. The zero-order valence-corrected chi connectivity index (χ0v) is 7.69. The number of hydrogen-bond acceptors (Lipinski definition) is 2. The van der Waals surface area contributed by atoms with Crippen LogP contribution in [0.15, 0.2) is 30.3 Å². The van der Waals surface area contributed by atoms with Crippen molar-refractivity contribution in [3.05, 3.63) is 35.9 Å². The van der Waals surface area contributed by atoms with Gasteiger partial charge in [0.15, 0.2) is 0 Å². The summed E-state index contributed by atoms with van der Waals surface area (Å²) in [6, 6.07) is 9.98. The zero-order valence-electron chi connectivity index (χ0n) is 7.69. The van der Waals surface area contributed by atoms with Gasteiger partial charge in [-0.2, -0.15) is 0 Å². The molecule has 0 spiro atoms. The summed E-state index contributed by atoms with van der Waals surface area (Å²) in [6.45, 7) is 0.279. The Morgan fingerprint density at radius 2 is 1.92 bits per heavy atom. The first-order valence-corrected chi connectivity index (χ1v) is 4.49. The van der Waals surface area contributed by atoms with Crippen molar-refractivity contribution >= 4 is 0 Å². The molecule has 0 bridgehead atoms. The first kappa shape index (κ1) is 10.2. The minimum Gasteiger partial charge on any atom is -0.386 e. The third-order valence-corrected chi connectivity index (χ3v) is 2.13. The minimum absolute atomic E-state index is 0.0209. The molecule has 0 saturated heterocycles. The molecular formula is C10H17N2O+. The Morgan fingerprint density at radius 1 is 1.31 bits per heavy atom. The van der Waals surface area contributed by atoms with E-state index < -0.39 is 6.10 Å². The second kappa shape index (κ2) is 4.97. The van der Waals surface area contributed by atoms with Crippen LogP contribution >= 0.6 is 0 Å². The molecule has 3 heteroatoms. The van der Waals surface area contributed by atoms with Gasteiger partial charge in [-0.1, -0.05) is 30.3 Å². The highest BCUT2D eigenvalue weighted by atomic mass is 16.3. The Labute approximate surface area is 78.4 Å². The van der Waals surface area contributed by atoms with E-state index in [0.29, 0.717) is 0 Å². The fraction of sp³-hybridized carbons (Fsp3) is 0.400. The summed E-state index contributed by atoms with van der Waals surface area (Å²) in [5.74, 6) is 0. The SMILES string of the molecule is NCC(O)C([NH3+])Cc1ccccc1. The monoisotopic (exact) mass is 181 g/mol. The number of rotatable bonds is 4. The lowest BCUT2D eigenvalue weighted by molar-refractivity contribution is -0.436. The summed E-state index contributed by atoms with van der Waals surface area (Å²) < 4.78 is 0. The van der Waals surface area contributed by atoms with Gasteiger partial charge in [0.25, 0.3) is 0 Å². The molecule has 0 heterocycles. The van der Waals surface area contributed by atoms with E-state index in [1.807, 2.05) is 30.3 Å². The highest BCUT2D eigenvalue weighted by Crippen LogP contribution is 2.02. The molecule has 1 rings (SSSR count). The molecule has 0 aliphatic rings. The van der Waals surface area contributed by atoms with Gasteiger partial charge < -0.3 is 16.6 Å². The molecule has 72 valence electrons. The lowest BCUT2D eigenvalue weighted by atomic mass is 10.0. The summed E-state index contributed by atoms with van der Waals surface area (Å²) in [5.41, 5.74) is 10.4. The van der Waals surface area contributed by atoms with Crippen LogP contribution in [0.25, 0.3) is 0 Å². The standard InChI is InChI=1S/C10H16N2O/c11-7-10(13)9(12)6-8-4-2-1-3-5-8/h1-5,9-10,13H,6-7,11-12H2/p+1. The van der Waals surface area contributed by atoms with Crippen molar-refractivity contribution in [1.82, 2.24) is 0 Å². The van der Waals surface area contributed by atoms with E-state index in [-0.39, 0.29) is 12.6 Å². The summed E-state index contributed by atoms with van der Waals surface area (Å²) in [6.07, 6.45) is 0.277. The van der Waals surface area contributed by atoms with Crippen molar-refractivity contribution < 1.29 is 10.8 Å². The fourth-order valence-electron chi connectivity index (χ4n) is 1.25. The molecule has 0 radical (unpaired) electrons. The van der Waals surface area contributed by atoms with Crippen molar-refractivity contribution in [3.63, 3.8) is 0 Å². The van der Waals surface area contributed by atoms with Gasteiger partial charge >= 0.3 is 0 Å². The summed E-state index contributed by atoms with van der Waals surface area (Å²) in [5, 5.41) is 9.40. The van der Waals surface area contributed by atoms with E-state index >= 15 is 0 Å². The van der Waals surface area contributed by atoms with Crippen molar-refractivity contribution in [2.75, 3.05) is 6.54 Å². The van der Waals surface area contributed by atoms with Gasteiger partial charge in [-0.3, -0.25) is 0 Å². The first-order valence-electron chi connectivity index (χ1n) is 4.49. The van der Waals surface area contributed by atoms with Crippen LogP contribution in [0, 0.1) is 0 Å². The van der Waals surface area contributed by atoms with Gasteiger partial charge in [-0.05, 0) is 5.56 Å². The van der Waals surface area contributed by atoms with Crippen LogP contribution in [-0.2, 0) is 6.42 Å². The largest absolute Gasteiger partial charge is 0.386 e. The van der Waals surface area contributed by atoms with Crippen molar-refractivity contribution in [3.8, 4) is 0 Å². The summed E-state index contributed by atoms with van der Waals surface area (Å²) >= 11 is 0. The van der Waals surface area contributed by atoms with Gasteiger partial charge in [0, 0.05) is 13.0 Å². The fourth-order valence-corrected chi connectivity index (χ4v) is 1.25. The molecule has 0 amide bonds. The quantitative estimate of drug-likeness (QED) is 0.566. The molecule has 3 nitrogen and oxygen atoms in total. The first-order chi connectivity index (χ1) is 6.24. The van der Waals surface area contributed by atoms with Crippen LogP contribution in [0.4, 0.5) is 0 Å². The zero-order chi connectivity index (χ0) is 9.68. The molecule has 0 saturated carbocycles. The molecule has 6 N–H and O–H groups in total. The van der Waals surface area contributed by atoms with Gasteiger partial charge in [-0.15, -0.1) is 0 Å². The second-order valence-electron chi connectivity index (χ2n) is 3.25. The highest BCUT2D eigenvalue weighted by Gasteiger charge is 2.16. The van der Waals surface area contributed by atoms with E-state index in [1.54, 1.807) is 0 Å². The van der Waals surface area contributed by atoms with Crippen LogP contribution in [0.1, 0.15) is 5.56 Å². The Morgan fingerprint density at radius 3 is 2.46 bits per heavy atom. The third kappa shape index (κ3) is 3.14. The minimum atomic E-state index is -0.500. The van der Waals surface area contributed by atoms with Crippen LogP contribution in [0.2, 0.25) is 0 Å². The second-order valence-corrected chi connectivity index (χ2v) is 3.25. The van der Waals surface area contributed by atoms with E-state index in [9.17, 15) is 5.11 Å². The lowest BCUT2D eigenvalue weighted by Crippen LogP contribution is -2.68. The van der Waals surface area contributed by atoms with E-state index in [0.717, 1.165) is 6.42 Å². The average Bonchev–Trinajstić information content (AvgIpc) is 2.18. The molecule has 1 aromatic carbocycles. The number of quaternary nitrogens is 1. The highest BCUT2D eigenvalue weighted by molar-refractivity contribution is 5.15. The van der Waals surface area contributed by atoms with Crippen LogP contribution in [0.3, 0.4) is 0 Å². The van der Waals surface area contributed by atoms with Crippen LogP contribution in [0.5, 0.6) is 0 Å². The summed E-state index contributed by atoms with van der Waals surface area (Å²) in [4.78, 5) is 0. The predicted molar refractivity (Wildman–Crippen MR) is 51.9 cm³/mol. The normalized spacial score (nSPS) is 15.3. The lowest BCUT2D eigenvalue weighted by Gasteiger charge is -2.13. The summed E-state index contributed by atoms with van der Waals surface area (Å²) in [7, 11) is 0. The molecule has 0 aliphatic heterocycles. The molecule has 13 heavy (non-hydrogen) atoms. The van der Waals surface area contributed by atoms with Crippen molar-refractivity contribution in [1.29, 1.82) is 0 Å². The predicted octanol–water partition coefficient (Wildman–Crippen LogP) is -0.841. The van der Waals surface area contributed by atoms with Crippen molar-refractivity contribution in [2.45, 2.75) is 18.6 Å². The average molecular weight is 181 g/mol. The molecule has 0 aliphatic carbocycles. The number of hydrogen-bond donors (Lipinski definition) is 3. The Balaban J connectivity index is 2.50. The van der Waals surface area contributed by atoms with Gasteiger partial charge in [0.2, 0.25) is 0 Å². The smallest absolute Gasteiger partial charge is 0.118 e.